The van der Waals surface area contributed by atoms with E-state index in [4.69, 9.17) is 0 Å². The molecular formula is C30H51BrO2. The molecule has 4 fully saturated rings. The number of hydrogen-bond acceptors (Lipinski definition) is 2. The van der Waals surface area contributed by atoms with Crippen LogP contribution in [0.1, 0.15) is 119 Å². The smallest absolute Gasteiger partial charge is 0.130 e. The fourth-order valence-electron chi connectivity index (χ4n) is 9.93. The van der Waals surface area contributed by atoms with Crippen LogP contribution in [-0.4, -0.2) is 21.3 Å². The molecule has 0 amide bonds. The molecule has 190 valence electrons. The molecule has 4 aliphatic carbocycles. The van der Waals surface area contributed by atoms with E-state index < -0.39 is 0 Å². The van der Waals surface area contributed by atoms with Crippen molar-refractivity contribution in [1.82, 2.24) is 0 Å². The van der Waals surface area contributed by atoms with E-state index in [9.17, 15) is 9.90 Å². The van der Waals surface area contributed by atoms with Gasteiger partial charge in [0.05, 0.1) is 10.4 Å². The summed E-state index contributed by atoms with van der Waals surface area (Å²) in [7, 11) is 0. The van der Waals surface area contributed by atoms with Gasteiger partial charge in [0.25, 0.3) is 0 Å². The number of hydrogen-bond donors (Lipinski definition) is 1. The maximum absolute atomic E-state index is 11.8. The lowest BCUT2D eigenvalue weighted by Crippen LogP contribution is -2.65. The number of aliphatic hydroxyl groups excluding tert-OH is 1. The molecule has 3 heteroatoms. The molecule has 0 heterocycles. The van der Waals surface area contributed by atoms with E-state index in [0.717, 1.165) is 49.4 Å². The van der Waals surface area contributed by atoms with Gasteiger partial charge in [-0.2, -0.15) is 0 Å². The van der Waals surface area contributed by atoms with E-state index in [1.54, 1.807) is 6.92 Å². The van der Waals surface area contributed by atoms with Crippen LogP contribution in [-0.2, 0) is 4.79 Å². The zero-order chi connectivity index (χ0) is 24.2. The summed E-state index contributed by atoms with van der Waals surface area (Å²) in [5.74, 6) is 5.41. The number of fused-ring (bicyclic) bond motifs is 5. The summed E-state index contributed by atoms with van der Waals surface area (Å²) in [5, 5.41) is 11.6. The van der Waals surface area contributed by atoms with E-state index in [-0.39, 0.29) is 15.8 Å². The van der Waals surface area contributed by atoms with Crippen LogP contribution in [0.4, 0.5) is 0 Å². The number of aliphatic hydroxyl groups is 1. The fraction of sp³-hybridized carbons (Fsp3) is 0.967. The van der Waals surface area contributed by atoms with Gasteiger partial charge in [0.15, 0.2) is 0 Å². The summed E-state index contributed by atoms with van der Waals surface area (Å²) in [6.45, 7) is 14.1. The highest BCUT2D eigenvalue weighted by Crippen LogP contribution is 2.71. The van der Waals surface area contributed by atoms with Gasteiger partial charge in [-0.25, -0.2) is 0 Å². The predicted octanol–water partition coefficient (Wildman–Crippen LogP) is 8.19. The van der Waals surface area contributed by atoms with E-state index in [1.807, 2.05) is 0 Å². The zero-order valence-corrected chi connectivity index (χ0v) is 23.9. The van der Waals surface area contributed by atoms with Gasteiger partial charge in [-0.15, -0.1) is 0 Å². The van der Waals surface area contributed by atoms with Crippen molar-refractivity contribution in [3.63, 3.8) is 0 Å². The Bertz CT molecular complexity index is 720. The first-order valence-electron chi connectivity index (χ1n) is 14.3. The molecule has 0 aliphatic heterocycles. The van der Waals surface area contributed by atoms with Crippen LogP contribution in [0.2, 0.25) is 0 Å². The monoisotopic (exact) mass is 522 g/mol. The Morgan fingerprint density at radius 3 is 2.42 bits per heavy atom. The minimum Gasteiger partial charge on any atom is -0.392 e. The van der Waals surface area contributed by atoms with Gasteiger partial charge in [0.1, 0.15) is 5.78 Å². The lowest BCUT2D eigenvalue weighted by atomic mass is 9.43. The molecular weight excluding hydrogens is 472 g/mol. The van der Waals surface area contributed by atoms with Gasteiger partial charge < -0.3 is 9.90 Å². The Morgan fingerprint density at radius 2 is 1.76 bits per heavy atom. The second-order valence-electron chi connectivity index (χ2n) is 14.0. The summed E-state index contributed by atoms with van der Waals surface area (Å²) >= 11 is 4.19. The molecule has 4 aliphatic rings. The van der Waals surface area contributed by atoms with Crippen molar-refractivity contribution in [2.75, 3.05) is 0 Å². The molecule has 0 aromatic carbocycles. The lowest BCUT2D eigenvalue weighted by Gasteiger charge is -2.66. The molecule has 4 rings (SSSR count). The molecule has 0 aromatic rings. The van der Waals surface area contributed by atoms with Crippen molar-refractivity contribution in [2.45, 2.75) is 129 Å². The Balaban J connectivity index is 1.51. The van der Waals surface area contributed by atoms with Gasteiger partial charge in [0.2, 0.25) is 0 Å². The normalized spacial score (nSPS) is 48.2. The molecule has 0 spiro atoms. The van der Waals surface area contributed by atoms with Crippen LogP contribution < -0.4 is 0 Å². The maximum atomic E-state index is 11.8. The van der Waals surface area contributed by atoms with Crippen molar-refractivity contribution >= 4 is 21.7 Å². The summed E-state index contributed by atoms with van der Waals surface area (Å²) < 4.78 is -0.213. The number of carbonyl (C=O) groups is 1. The second-order valence-corrected chi connectivity index (χ2v) is 15.4. The third-order valence-corrected chi connectivity index (χ3v) is 13.4. The Hall–Kier alpha value is 0.110. The summed E-state index contributed by atoms with van der Waals surface area (Å²) in [6, 6.07) is 0. The quantitative estimate of drug-likeness (QED) is 0.342. The molecule has 0 aromatic heterocycles. The van der Waals surface area contributed by atoms with E-state index >= 15 is 0 Å². The first-order valence-corrected chi connectivity index (χ1v) is 15.1. The van der Waals surface area contributed by atoms with Crippen molar-refractivity contribution in [1.29, 1.82) is 0 Å². The fourth-order valence-corrected chi connectivity index (χ4v) is 11.1. The van der Waals surface area contributed by atoms with Gasteiger partial charge in [-0.3, -0.25) is 0 Å². The van der Waals surface area contributed by atoms with E-state index in [1.165, 1.54) is 44.9 Å². The number of rotatable bonds is 7. The maximum Gasteiger partial charge on any atom is 0.130 e. The summed E-state index contributed by atoms with van der Waals surface area (Å²) in [6.07, 6.45) is 14.3. The van der Waals surface area contributed by atoms with Gasteiger partial charge in [-0.1, -0.05) is 69.8 Å². The van der Waals surface area contributed by atoms with Gasteiger partial charge in [0, 0.05) is 6.42 Å². The second kappa shape index (κ2) is 9.53. The minimum atomic E-state index is -0.289. The number of carbonyl (C=O) groups excluding carboxylic acids is 1. The first-order chi connectivity index (χ1) is 15.4. The molecule has 1 N–H and O–H groups in total. The predicted molar refractivity (Wildman–Crippen MR) is 141 cm³/mol. The SMILES string of the molecule is CC(=O)C[C@H]1CC[C@]2(C)[C@H]3CC[C@]4(C)[C@@H]([C@H](C)CCCC(C)C)CC[C@H]4[C@@H]3C[C@@H](O)[C@@]2(Br)C1. The van der Waals surface area contributed by atoms with Gasteiger partial charge in [-0.05, 0) is 111 Å². The number of alkyl halides is 1. The van der Waals surface area contributed by atoms with E-state index in [0.29, 0.717) is 35.4 Å². The molecule has 0 bridgehead atoms. The third-order valence-electron chi connectivity index (χ3n) is 11.7. The van der Waals surface area contributed by atoms with Crippen LogP contribution in [0.3, 0.4) is 0 Å². The van der Waals surface area contributed by atoms with Crippen LogP contribution in [0.25, 0.3) is 0 Å². The molecule has 0 saturated heterocycles. The molecule has 2 nitrogen and oxygen atoms in total. The van der Waals surface area contributed by atoms with E-state index in [2.05, 4.69) is 50.5 Å². The standard InChI is InChI=1S/C30H51BrO2/c1-19(2)8-7-9-20(3)24-10-11-25-23-17-27(33)30(31)18-22(16-21(4)32)12-15-29(30,6)26(23)13-14-28(24,25)5/h19-20,22-27,33H,7-18H2,1-6H3/t20-,22-,23+,24-,25+,26+,27-,28-,29-,30+/m1/s1. The molecule has 0 unspecified atom stereocenters. The van der Waals surface area contributed by atoms with Crippen LogP contribution in [0.15, 0.2) is 0 Å². The van der Waals surface area contributed by atoms with Crippen molar-refractivity contribution in [2.24, 2.45) is 52.3 Å². The van der Waals surface area contributed by atoms with Crippen LogP contribution in [0, 0.1) is 52.3 Å². The average Bonchev–Trinajstić information content (AvgIpc) is 3.07. The number of ketones is 1. The summed E-state index contributed by atoms with van der Waals surface area (Å²) in [5.41, 5.74) is 0.609. The summed E-state index contributed by atoms with van der Waals surface area (Å²) in [4.78, 5) is 11.8. The largest absolute Gasteiger partial charge is 0.392 e. The van der Waals surface area contributed by atoms with Crippen LogP contribution in [0.5, 0.6) is 0 Å². The highest BCUT2D eigenvalue weighted by atomic mass is 79.9. The van der Waals surface area contributed by atoms with Crippen LogP contribution >= 0.6 is 15.9 Å². The number of Topliss-reactive ketones (excluding diaryl/α,β-unsaturated/α-hetero) is 1. The number of halogens is 1. The topological polar surface area (TPSA) is 37.3 Å². The van der Waals surface area contributed by atoms with Crippen molar-refractivity contribution in [3.05, 3.63) is 0 Å². The molecule has 4 saturated carbocycles. The zero-order valence-electron chi connectivity index (χ0n) is 22.3. The third kappa shape index (κ3) is 4.42. The highest BCUT2D eigenvalue weighted by molar-refractivity contribution is 9.10. The Morgan fingerprint density at radius 1 is 1.03 bits per heavy atom. The lowest BCUT2D eigenvalue weighted by molar-refractivity contribution is -0.149. The Kier molecular flexibility index (Phi) is 7.56. The highest BCUT2D eigenvalue weighted by Gasteiger charge is 2.67. The van der Waals surface area contributed by atoms with Gasteiger partial charge >= 0.3 is 0 Å². The minimum absolute atomic E-state index is 0.144. The first kappa shape index (κ1) is 26.2. The molecule has 0 radical (unpaired) electrons. The van der Waals surface area contributed by atoms with Crippen molar-refractivity contribution in [3.8, 4) is 0 Å². The van der Waals surface area contributed by atoms with Crippen molar-refractivity contribution < 1.29 is 9.90 Å². The Labute approximate surface area is 212 Å². The average molecular weight is 524 g/mol. The molecule has 10 atom stereocenters. The molecule has 33 heavy (non-hydrogen) atoms.